The quantitative estimate of drug-likeness (QED) is 0.806. The SMILES string of the molecule is CC(C)SC(C)(C)C(NC(=O)C1(F)CC1)C(=O)N1CCCC1C. The fraction of sp³-hybridized carbons (Fsp3) is 0.882. The van der Waals surface area contributed by atoms with E-state index in [0.29, 0.717) is 5.25 Å². The van der Waals surface area contributed by atoms with E-state index in [1.165, 1.54) is 0 Å². The van der Waals surface area contributed by atoms with Crippen LogP contribution in [0.15, 0.2) is 0 Å². The van der Waals surface area contributed by atoms with E-state index in [1.54, 1.807) is 11.8 Å². The Morgan fingerprint density at radius 2 is 1.96 bits per heavy atom. The molecule has 2 aliphatic rings. The van der Waals surface area contributed by atoms with Crippen LogP contribution in [-0.4, -0.2) is 51.0 Å². The molecule has 1 saturated carbocycles. The molecule has 0 spiro atoms. The van der Waals surface area contributed by atoms with Crippen molar-refractivity contribution in [3.05, 3.63) is 0 Å². The summed E-state index contributed by atoms with van der Waals surface area (Å²) >= 11 is 1.64. The minimum absolute atomic E-state index is 0.0780. The molecule has 1 N–H and O–H groups in total. The highest BCUT2D eigenvalue weighted by atomic mass is 32.2. The molecule has 0 aromatic carbocycles. The van der Waals surface area contributed by atoms with Gasteiger partial charge in [-0.1, -0.05) is 13.8 Å². The molecule has 1 saturated heterocycles. The van der Waals surface area contributed by atoms with Gasteiger partial charge < -0.3 is 10.2 Å². The molecule has 23 heavy (non-hydrogen) atoms. The molecule has 2 atom stereocenters. The number of hydrogen-bond donors (Lipinski definition) is 1. The highest BCUT2D eigenvalue weighted by molar-refractivity contribution is 8.01. The third-order valence-corrected chi connectivity index (χ3v) is 6.00. The van der Waals surface area contributed by atoms with Crippen molar-refractivity contribution >= 4 is 23.6 Å². The third-order valence-electron chi connectivity index (χ3n) is 4.69. The fourth-order valence-corrected chi connectivity index (χ4v) is 4.74. The Kier molecular flexibility index (Phi) is 5.34. The van der Waals surface area contributed by atoms with Crippen molar-refractivity contribution in [2.45, 2.75) is 88.1 Å². The first-order valence-corrected chi connectivity index (χ1v) is 9.43. The van der Waals surface area contributed by atoms with Crippen molar-refractivity contribution in [1.82, 2.24) is 10.2 Å². The molecule has 2 fully saturated rings. The van der Waals surface area contributed by atoms with E-state index < -0.39 is 22.4 Å². The van der Waals surface area contributed by atoms with Gasteiger partial charge in [-0.2, -0.15) is 11.8 Å². The van der Waals surface area contributed by atoms with Gasteiger partial charge in [0.2, 0.25) is 5.91 Å². The maximum Gasteiger partial charge on any atom is 0.258 e. The van der Waals surface area contributed by atoms with E-state index in [4.69, 9.17) is 0 Å². The van der Waals surface area contributed by atoms with E-state index in [1.807, 2.05) is 25.7 Å². The van der Waals surface area contributed by atoms with Crippen molar-refractivity contribution in [2.75, 3.05) is 6.54 Å². The Hall–Kier alpha value is -0.780. The molecule has 1 heterocycles. The zero-order valence-electron chi connectivity index (χ0n) is 14.8. The lowest BCUT2D eigenvalue weighted by atomic mass is 10.0. The predicted octanol–water partition coefficient (Wildman–Crippen LogP) is 2.90. The van der Waals surface area contributed by atoms with Gasteiger partial charge in [-0.05, 0) is 51.7 Å². The van der Waals surface area contributed by atoms with Gasteiger partial charge in [0.15, 0.2) is 5.67 Å². The number of alkyl halides is 1. The largest absolute Gasteiger partial charge is 0.340 e. The van der Waals surface area contributed by atoms with Gasteiger partial charge in [-0.3, -0.25) is 9.59 Å². The Morgan fingerprint density at radius 1 is 1.35 bits per heavy atom. The molecule has 0 aromatic heterocycles. The van der Waals surface area contributed by atoms with Crippen LogP contribution in [0, 0.1) is 0 Å². The van der Waals surface area contributed by atoms with Crippen LogP contribution in [-0.2, 0) is 9.59 Å². The summed E-state index contributed by atoms with van der Waals surface area (Å²) in [5.74, 6) is -0.703. The Bertz CT molecular complexity index is 477. The molecule has 132 valence electrons. The highest BCUT2D eigenvalue weighted by Crippen LogP contribution is 2.41. The molecule has 6 heteroatoms. The van der Waals surface area contributed by atoms with Crippen molar-refractivity contribution in [2.24, 2.45) is 0 Å². The summed E-state index contributed by atoms with van der Waals surface area (Å²) in [5.41, 5.74) is -1.76. The Morgan fingerprint density at radius 3 is 2.39 bits per heavy atom. The van der Waals surface area contributed by atoms with Gasteiger partial charge >= 0.3 is 0 Å². The van der Waals surface area contributed by atoms with Crippen molar-refractivity contribution in [3.63, 3.8) is 0 Å². The molecule has 0 radical (unpaired) electrons. The van der Waals surface area contributed by atoms with Gasteiger partial charge in [-0.15, -0.1) is 0 Å². The van der Waals surface area contributed by atoms with E-state index in [2.05, 4.69) is 19.2 Å². The number of rotatable bonds is 6. The summed E-state index contributed by atoms with van der Waals surface area (Å²) < 4.78 is 13.6. The topological polar surface area (TPSA) is 49.4 Å². The Labute approximate surface area is 142 Å². The first-order chi connectivity index (χ1) is 10.6. The summed E-state index contributed by atoms with van der Waals surface area (Å²) in [6.45, 7) is 10.8. The zero-order valence-corrected chi connectivity index (χ0v) is 15.6. The van der Waals surface area contributed by atoms with Crippen LogP contribution >= 0.6 is 11.8 Å². The van der Waals surface area contributed by atoms with E-state index in [0.717, 1.165) is 19.4 Å². The zero-order chi connectivity index (χ0) is 17.4. The van der Waals surface area contributed by atoms with E-state index >= 15 is 0 Å². The number of nitrogens with zero attached hydrogens (tertiary/aromatic N) is 1. The summed E-state index contributed by atoms with van der Waals surface area (Å²) in [6, 6.07) is -0.516. The number of carbonyl (C=O) groups is 2. The molecule has 1 aliphatic carbocycles. The van der Waals surface area contributed by atoms with Crippen LogP contribution < -0.4 is 5.32 Å². The van der Waals surface area contributed by atoms with Gasteiger partial charge in [0.05, 0.1) is 0 Å². The second-order valence-electron chi connectivity index (χ2n) is 7.66. The van der Waals surface area contributed by atoms with Crippen molar-refractivity contribution < 1.29 is 14.0 Å². The first-order valence-electron chi connectivity index (χ1n) is 8.55. The number of amides is 2. The molecule has 1 aliphatic heterocycles. The minimum Gasteiger partial charge on any atom is -0.340 e. The van der Waals surface area contributed by atoms with E-state index in [9.17, 15) is 14.0 Å². The lowest BCUT2D eigenvalue weighted by Gasteiger charge is -2.38. The van der Waals surface area contributed by atoms with Crippen LogP contribution in [0.5, 0.6) is 0 Å². The van der Waals surface area contributed by atoms with Crippen LogP contribution in [0.3, 0.4) is 0 Å². The molecular weight excluding hydrogens is 315 g/mol. The summed E-state index contributed by atoms with van der Waals surface area (Å²) in [4.78, 5) is 27.1. The van der Waals surface area contributed by atoms with Gasteiger partial charge in [0.1, 0.15) is 6.04 Å². The maximum atomic E-state index is 14.1. The van der Waals surface area contributed by atoms with Crippen LogP contribution in [0.25, 0.3) is 0 Å². The predicted molar refractivity (Wildman–Crippen MR) is 92.2 cm³/mol. The molecule has 2 unspecified atom stereocenters. The van der Waals surface area contributed by atoms with Crippen LogP contribution in [0.1, 0.15) is 60.3 Å². The second kappa shape index (κ2) is 6.61. The number of likely N-dealkylation sites (tertiary alicyclic amines) is 1. The monoisotopic (exact) mass is 344 g/mol. The average molecular weight is 344 g/mol. The number of carbonyl (C=O) groups excluding carboxylic acids is 2. The first kappa shape index (κ1) is 18.6. The Balaban J connectivity index is 2.19. The van der Waals surface area contributed by atoms with Crippen LogP contribution in [0.2, 0.25) is 0 Å². The van der Waals surface area contributed by atoms with Crippen molar-refractivity contribution in [1.29, 1.82) is 0 Å². The smallest absolute Gasteiger partial charge is 0.258 e. The molecule has 0 bridgehead atoms. The summed E-state index contributed by atoms with van der Waals surface area (Å²) in [7, 11) is 0. The number of hydrogen-bond acceptors (Lipinski definition) is 3. The molecule has 4 nitrogen and oxygen atoms in total. The number of thioether (sulfide) groups is 1. The minimum atomic E-state index is -1.76. The van der Waals surface area contributed by atoms with Gasteiger partial charge in [-0.25, -0.2) is 4.39 Å². The van der Waals surface area contributed by atoms with Gasteiger partial charge in [0, 0.05) is 17.3 Å². The second-order valence-corrected chi connectivity index (χ2v) is 9.90. The van der Waals surface area contributed by atoms with Crippen LogP contribution in [0.4, 0.5) is 4.39 Å². The van der Waals surface area contributed by atoms with E-state index in [-0.39, 0.29) is 24.8 Å². The highest BCUT2D eigenvalue weighted by Gasteiger charge is 2.53. The molecule has 2 amide bonds. The number of nitrogens with one attached hydrogen (secondary N) is 1. The maximum absolute atomic E-state index is 14.1. The molecule has 2 rings (SSSR count). The third kappa shape index (κ3) is 4.20. The standard InChI is InChI=1S/C17H29FN2O2S/c1-11(2)23-16(4,5)13(19-15(22)17(18)8-9-17)14(21)20-10-6-7-12(20)3/h11-13H,6-10H2,1-5H3,(H,19,22). The lowest BCUT2D eigenvalue weighted by molar-refractivity contribution is -0.139. The average Bonchev–Trinajstić information content (AvgIpc) is 3.03. The van der Waals surface area contributed by atoms with Gasteiger partial charge in [0.25, 0.3) is 5.91 Å². The molecule has 0 aromatic rings. The summed E-state index contributed by atoms with van der Waals surface area (Å²) in [5, 5.41) is 3.05. The number of halogens is 1. The van der Waals surface area contributed by atoms with Crippen molar-refractivity contribution in [3.8, 4) is 0 Å². The fourth-order valence-electron chi connectivity index (χ4n) is 3.23. The molecular formula is C17H29FN2O2S. The normalized spacial score (nSPS) is 24.7. The lowest BCUT2D eigenvalue weighted by Crippen LogP contribution is -2.59. The summed E-state index contributed by atoms with van der Waals surface area (Å²) in [6.07, 6.45) is 2.49.